The molecule has 0 saturated carbocycles. The van der Waals surface area contributed by atoms with Crippen molar-refractivity contribution in [1.82, 2.24) is 10.1 Å². The van der Waals surface area contributed by atoms with Gasteiger partial charge in [-0.3, -0.25) is 0 Å². The number of aromatic nitrogens is 2. The van der Waals surface area contributed by atoms with Crippen molar-refractivity contribution < 1.29 is 18.8 Å². The maximum Gasteiger partial charge on any atom is 0.348 e. The molecule has 130 valence electrons. The summed E-state index contributed by atoms with van der Waals surface area (Å²) in [5, 5.41) is 4.93. The van der Waals surface area contributed by atoms with E-state index in [0.29, 0.717) is 10.7 Å². The number of methoxy groups -OCH3 is 1. The summed E-state index contributed by atoms with van der Waals surface area (Å²) in [7, 11) is 1.60. The minimum atomic E-state index is -0.407. The molecule has 0 unspecified atom stereocenters. The van der Waals surface area contributed by atoms with Crippen molar-refractivity contribution >= 4 is 27.4 Å². The summed E-state index contributed by atoms with van der Waals surface area (Å²) < 4.78 is 16.6. The normalized spacial score (nSPS) is 10.8. The van der Waals surface area contributed by atoms with Gasteiger partial charge in [0, 0.05) is 10.3 Å². The minimum Gasteiger partial charge on any atom is -0.497 e. The molecule has 0 atom stereocenters. The Morgan fingerprint density at radius 2 is 1.96 bits per heavy atom. The van der Waals surface area contributed by atoms with Crippen molar-refractivity contribution in [3.05, 3.63) is 65.4 Å². The van der Waals surface area contributed by atoms with Gasteiger partial charge in [-0.05, 0) is 41.8 Å². The highest BCUT2D eigenvalue weighted by molar-refractivity contribution is 7.20. The number of fused-ring (bicyclic) bond motifs is 1. The molecule has 7 heteroatoms. The number of thiophene rings is 1. The number of benzene rings is 2. The summed E-state index contributed by atoms with van der Waals surface area (Å²) in [4.78, 5) is 17.0. The quantitative estimate of drug-likeness (QED) is 0.490. The Balaban J connectivity index is 1.43. The molecule has 0 aliphatic heterocycles. The van der Waals surface area contributed by atoms with Crippen molar-refractivity contribution in [1.29, 1.82) is 0 Å². The molecule has 0 fully saturated rings. The Hall–Kier alpha value is -3.19. The number of carbonyl (C=O) groups is 1. The monoisotopic (exact) mass is 366 g/mol. The van der Waals surface area contributed by atoms with Gasteiger partial charge in [-0.2, -0.15) is 4.98 Å². The Bertz CT molecular complexity index is 1020. The molecule has 26 heavy (non-hydrogen) atoms. The number of esters is 1. The van der Waals surface area contributed by atoms with Gasteiger partial charge in [-0.1, -0.05) is 23.4 Å². The average Bonchev–Trinajstić information content (AvgIpc) is 3.33. The molecule has 0 spiro atoms. The Kier molecular flexibility index (Phi) is 4.37. The zero-order chi connectivity index (χ0) is 17.9. The molecule has 0 aliphatic carbocycles. The lowest BCUT2D eigenvalue weighted by molar-refractivity contribution is 0.0435. The summed E-state index contributed by atoms with van der Waals surface area (Å²) in [5.74, 6) is 1.01. The van der Waals surface area contributed by atoms with Gasteiger partial charge in [-0.25, -0.2) is 4.79 Å². The highest BCUT2D eigenvalue weighted by Gasteiger charge is 2.15. The van der Waals surface area contributed by atoms with Crippen molar-refractivity contribution in [3.63, 3.8) is 0 Å². The fourth-order valence-electron chi connectivity index (χ4n) is 2.45. The molecule has 0 radical (unpaired) electrons. The second-order valence-corrected chi connectivity index (χ2v) is 6.55. The van der Waals surface area contributed by atoms with E-state index < -0.39 is 5.97 Å². The first-order valence-electron chi connectivity index (χ1n) is 7.85. The molecule has 4 rings (SSSR count). The molecule has 2 aromatic heterocycles. The van der Waals surface area contributed by atoms with Crippen LogP contribution in [0.4, 0.5) is 0 Å². The Labute approximate surface area is 153 Å². The largest absolute Gasteiger partial charge is 0.497 e. The fourth-order valence-corrected chi connectivity index (χ4v) is 3.41. The standard InChI is InChI=1S/C19H14N2O4S/c1-23-14-8-6-12(7-9-14)18-20-17(25-21-18)11-24-19(22)16-10-13-4-2-3-5-15(13)26-16/h2-10H,11H2,1H3. The lowest BCUT2D eigenvalue weighted by atomic mass is 10.2. The SMILES string of the molecule is COc1ccc(-c2noc(COC(=O)c3cc4ccccc4s3)n2)cc1. The predicted molar refractivity (Wildman–Crippen MR) is 97.2 cm³/mol. The van der Waals surface area contributed by atoms with Crippen molar-refractivity contribution in [2.24, 2.45) is 0 Å². The van der Waals surface area contributed by atoms with Gasteiger partial charge in [0.15, 0.2) is 6.61 Å². The highest BCUT2D eigenvalue weighted by atomic mass is 32.1. The van der Waals surface area contributed by atoms with Crippen LogP contribution in [-0.2, 0) is 11.3 Å². The zero-order valence-electron chi connectivity index (χ0n) is 13.8. The van der Waals surface area contributed by atoms with E-state index in [1.807, 2.05) is 54.6 Å². The third kappa shape index (κ3) is 3.29. The summed E-state index contributed by atoms with van der Waals surface area (Å²) in [6, 6.07) is 16.9. The first-order chi connectivity index (χ1) is 12.7. The summed E-state index contributed by atoms with van der Waals surface area (Å²) >= 11 is 1.39. The molecule has 6 nitrogen and oxygen atoms in total. The Morgan fingerprint density at radius 3 is 2.73 bits per heavy atom. The molecule has 0 amide bonds. The van der Waals surface area contributed by atoms with Gasteiger partial charge < -0.3 is 14.0 Å². The van der Waals surface area contributed by atoms with E-state index in [1.165, 1.54) is 11.3 Å². The number of hydrogen-bond donors (Lipinski definition) is 0. The van der Waals surface area contributed by atoms with Gasteiger partial charge >= 0.3 is 5.97 Å². The second-order valence-electron chi connectivity index (χ2n) is 5.46. The Morgan fingerprint density at radius 1 is 1.15 bits per heavy atom. The number of nitrogens with zero attached hydrogens (tertiary/aromatic N) is 2. The van der Waals surface area contributed by atoms with Gasteiger partial charge in [0.25, 0.3) is 5.89 Å². The van der Waals surface area contributed by atoms with Crippen LogP contribution < -0.4 is 4.74 Å². The third-order valence-corrected chi connectivity index (χ3v) is 4.87. The predicted octanol–water partition coefficient (Wildman–Crippen LogP) is 4.32. The molecule has 0 saturated heterocycles. The van der Waals surface area contributed by atoms with E-state index in [2.05, 4.69) is 10.1 Å². The molecule has 0 bridgehead atoms. The van der Waals surface area contributed by atoms with Gasteiger partial charge in [0.1, 0.15) is 10.6 Å². The maximum atomic E-state index is 12.2. The van der Waals surface area contributed by atoms with Gasteiger partial charge in [0.05, 0.1) is 7.11 Å². The van der Waals surface area contributed by atoms with Crippen LogP contribution in [0, 0.1) is 0 Å². The number of hydrogen-bond acceptors (Lipinski definition) is 7. The van der Waals surface area contributed by atoms with Crippen LogP contribution in [0.5, 0.6) is 5.75 Å². The van der Waals surface area contributed by atoms with E-state index in [-0.39, 0.29) is 12.5 Å². The van der Waals surface area contributed by atoms with Crippen LogP contribution in [0.1, 0.15) is 15.6 Å². The first kappa shape index (κ1) is 16.3. The zero-order valence-corrected chi connectivity index (χ0v) is 14.7. The van der Waals surface area contributed by atoms with Crippen LogP contribution in [0.25, 0.3) is 21.5 Å². The topological polar surface area (TPSA) is 74.5 Å². The van der Waals surface area contributed by atoms with Gasteiger partial charge in [-0.15, -0.1) is 11.3 Å². The molecule has 2 aromatic carbocycles. The third-order valence-electron chi connectivity index (χ3n) is 3.77. The lowest BCUT2D eigenvalue weighted by Crippen LogP contribution is -2.03. The number of rotatable bonds is 5. The van der Waals surface area contributed by atoms with E-state index in [4.69, 9.17) is 14.0 Å². The molecule has 4 aromatic rings. The molecule has 2 heterocycles. The van der Waals surface area contributed by atoms with E-state index in [1.54, 1.807) is 7.11 Å². The van der Waals surface area contributed by atoms with Gasteiger partial charge in [0.2, 0.25) is 5.82 Å². The minimum absolute atomic E-state index is 0.0732. The van der Waals surface area contributed by atoms with Crippen LogP contribution in [0.15, 0.2) is 59.1 Å². The van der Waals surface area contributed by atoms with E-state index in [0.717, 1.165) is 21.4 Å². The van der Waals surface area contributed by atoms with Crippen LogP contribution in [-0.4, -0.2) is 23.2 Å². The molecular weight excluding hydrogens is 352 g/mol. The van der Waals surface area contributed by atoms with E-state index in [9.17, 15) is 4.79 Å². The number of carbonyl (C=O) groups excluding carboxylic acids is 1. The summed E-state index contributed by atoms with van der Waals surface area (Å²) in [5.41, 5.74) is 0.789. The molecular formula is C19H14N2O4S. The molecule has 0 aliphatic rings. The second kappa shape index (κ2) is 6.97. The fraction of sp³-hybridized carbons (Fsp3) is 0.105. The summed E-state index contributed by atoms with van der Waals surface area (Å²) in [6.45, 7) is -0.0732. The van der Waals surface area contributed by atoms with Crippen molar-refractivity contribution in [3.8, 4) is 17.1 Å². The first-order valence-corrected chi connectivity index (χ1v) is 8.67. The number of ether oxygens (including phenoxy) is 2. The van der Waals surface area contributed by atoms with Crippen LogP contribution in [0.3, 0.4) is 0 Å². The van der Waals surface area contributed by atoms with Crippen molar-refractivity contribution in [2.45, 2.75) is 6.61 Å². The van der Waals surface area contributed by atoms with Crippen LogP contribution >= 0.6 is 11.3 Å². The van der Waals surface area contributed by atoms with Crippen LogP contribution in [0.2, 0.25) is 0 Å². The highest BCUT2D eigenvalue weighted by Crippen LogP contribution is 2.26. The molecule has 0 N–H and O–H groups in total. The van der Waals surface area contributed by atoms with Crippen molar-refractivity contribution in [2.75, 3.05) is 7.11 Å². The lowest BCUT2D eigenvalue weighted by Gasteiger charge is -1.99. The summed E-state index contributed by atoms with van der Waals surface area (Å²) in [6.07, 6.45) is 0. The smallest absolute Gasteiger partial charge is 0.348 e. The maximum absolute atomic E-state index is 12.2. The van der Waals surface area contributed by atoms with E-state index >= 15 is 0 Å². The average molecular weight is 366 g/mol.